The minimum Gasteiger partial charge on any atom is -0.289 e. The first kappa shape index (κ1) is 14.4. The molecule has 1 nitrogen and oxygen atoms in total. The highest BCUT2D eigenvalue weighted by molar-refractivity contribution is 5.89. The maximum Gasteiger partial charge on any atom is 0.194 e. The van der Waals surface area contributed by atoms with E-state index in [1.165, 1.54) is 0 Å². The van der Waals surface area contributed by atoms with Gasteiger partial charge in [-0.1, -0.05) is 84.9 Å². The molecule has 0 radical (unpaired) electrons. The summed E-state index contributed by atoms with van der Waals surface area (Å²) in [4.78, 5) is 13.3. The van der Waals surface area contributed by atoms with Crippen molar-refractivity contribution in [1.29, 1.82) is 0 Å². The lowest BCUT2D eigenvalue weighted by Gasteiger charge is -2.01. The Kier molecular flexibility index (Phi) is 3.68. The second kappa shape index (κ2) is 6.13. The zero-order chi connectivity index (χ0) is 16.4. The molecular weight excluding hydrogens is 292 g/mol. The average molecular weight is 308 g/mol. The third kappa shape index (κ3) is 2.61. The zero-order valence-corrected chi connectivity index (χ0v) is 13.1. The van der Waals surface area contributed by atoms with Gasteiger partial charge in [0.15, 0.2) is 5.43 Å². The monoisotopic (exact) mass is 308 g/mol. The molecule has 0 bridgehead atoms. The van der Waals surface area contributed by atoms with Gasteiger partial charge in [-0.2, -0.15) is 0 Å². The van der Waals surface area contributed by atoms with Gasteiger partial charge in [0.2, 0.25) is 0 Å². The molecule has 0 spiro atoms. The number of rotatable bonds is 2. The summed E-state index contributed by atoms with van der Waals surface area (Å²) in [5.74, 6) is 0. The van der Waals surface area contributed by atoms with E-state index in [0.29, 0.717) is 0 Å². The van der Waals surface area contributed by atoms with Crippen LogP contribution < -0.4 is 5.43 Å². The van der Waals surface area contributed by atoms with Gasteiger partial charge in [-0.3, -0.25) is 4.79 Å². The van der Waals surface area contributed by atoms with Crippen LogP contribution in [0.3, 0.4) is 0 Å². The van der Waals surface area contributed by atoms with Gasteiger partial charge in [0.05, 0.1) is 0 Å². The minimum atomic E-state index is 0.0589. The van der Waals surface area contributed by atoms with Crippen LogP contribution in [0.25, 0.3) is 33.0 Å². The van der Waals surface area contributed by atoms with E-state index < -0.39 is 0 Å². The first-order valence-corrected chi connectivity index (χ1v) is 8.01. The van der Waals surface area contributed by atoms with Gasteiger partial charge in [0, 0.05) is 11.1 Å². The van der Waals surface area contributed by atoms with Gasteiger partial charge in [-0.25, -0.2) is 0 Å². The largest absolute Gasteiger partial charge is 0.289 e. The van der Waals surface area contributed by atoms with Crippen molar-refractivity contribution in [2.75, 3.05) is 0 Å². The summed E-state index contributed by atoms with van der Waals surface area (Å²) in [7, 11) is 0. The fraction of sp³-hybridized carbons (Fsp3) is 0. The molecule has 4 aromatic carbocycles. The molecule has 0 fully saturated rings. The third-order valence-electron chi connectivity index (χ3n) is 4.25. The average Bonchev–Trinajstić information content (AvgIpc) is 2.80. The summed E-state index contributed by atoms with van der Waals surface area (Å²) >= 11 is 0. The summed E-state index contributed by atoms with van der Waals surface area (Å²) in [6.07, 6.45) is 0. The third-order valence-corrected chi connectivity index (χ3v) is 4.25. The second-order valence-electron chi connectivity index (χ2n) is 5.81. The molecule has 0 saturated heterocycles. The van der Waals surface area contributed by atoms with E-state index in [4.69, 9.17) is 0 Å². The SMILES string of the molecule is O=c1c(-c2ccccc2)cc2ccccc2cc1-c1ccccc1. The molecular formula is C23H16O. The summed E-state index contributed by atoms with van der Waals surface area (Å²) in [6.45, 7) is 0. The standard InChI is InChI=1S/C23H16O/c24-23-21(17-9-3-1-4-10-17)15-19-13-7-8-14-20(19)16-22(23)18-11-5-2-6-12-18/h1-16H. The Morgan fingerprint density at radius 2 is 0.833 bits per heavy atom. The Labute approximate surface area is 140 Å². The molecule has 114 valence electrons. The Morgan fingerprint density at radius 3 is 1.25 bits per heavy atom. The number of hydrogen-bond acceptors (Lipinski definition) is 1. The molecule has 0 atom stereocenters. The first-order valence-electron chi connectivity index (χ1n) is 8.01. The van der Waals surface area contributed by atoms with Crippen molar-refractivity contribution in [2.45, 2.75) is 0 Å². The normalized spacial score (nSPS) is 10.7. The number of hydrogen-bond donors (Lipinski definition) is 0. The topological polar surface area (TPSA) is 17.1 Å². The van der Waals surface area contributed by atoms with Crippen LogP contribution in [0.2, 0.25) is 0 Å². The van der Waals surface area contributed by atoms with Crippen LogP contribution in [0.1, 0.15) is 0 Å². The smallest absolute Gasteiger partial charge is 0.194 e. The summed E-state index contributed by atoms with van der Waals surface area (Å²) < 4.78 is 0. The van der Waals surface area contributed by atoms with Crippen LogP contribution in [0, 0.1) is 0 Å². The minimum absolute atomic E-state index is 0.0589. The van der Waals surface area contributed by atoms with Crippen LogP contribution in [0.4, 0.5) is 0 Å². The van der Waals surface area contributed by atoms with Crippen LogP contribution in [0.15, 0.2) is 102 Å². The maximum absolute atomic E-state index is 13.3. The van der Waals surface area contributed by atoms with E-state index in [-0.39, 0.29) is 5.43 Å². The van der Waals surface area contributed by atoms with Crippen LogP contribution in [-0.2, 0) is 0 Å². The molecule has 0 aliphatic heterocycles. The highest BCUT2D eigenvalue weighted by atomic mass is 16.1. The van der Waals surface area contributed by atoms with Gasteiger partial charge < -0.3 is 0 Å². The van der Waals surface area contributed by atoms with Crippen molar-refractivity contribution < 1.29 is 0 Å². The van der Waals surface area contributed by atoms with E-state index >= 15 is 0 Å². The van der Waals surface area contributed by atoms with Gasteiger partial charge in [-0.15, -0.1) is 0 Å². The predicted molar refractivity (Wildman–Crippen MR) is 101 cm³/mol. The van der Waals surface area contributed by atoms with E-state index in [9.17, 15) is 4.79 Å². The summed E-state index contributed by atoms with van der Waals surface area (Å²) in [6, 6.07) is 31.8. The molecule has 0 heterocycles. The molecule has 0 aliphatic rings. The molecule has 0 aliphatic carbocycles. The maximum atomic E-state index is 13.3. The fourth-order valence-corrected chi connectivity index (χ4v) is 3.03. The highest BCUT2D eigenvalue weighted by Crippen LogP contribution is 2.25. The highest BCUT2D eigenvalue weighted by Gasteiger charge is 2.09. The van der Waals surface area contributed by atoms with Crippen LogP contribution in [0.5, 0.6) is 0 Å². The first-order chi connectivity index (χ1) is 11.8. The lowest BCUT2D eigenvalue weighted by atomic mass is 10.0. The second-order valence-corrected chi connectivity index (χ2v) is 5.81. The molecule has 0 amide bonds. The van der Waals surface area contributed by atoms with Crippen molar-refractivity contribution in [3.63, 3.8) is 0 Å². The van der Waals surface area contributed by atoms with Crippen molar-refractivity contribution in [3.8, 4) is 22.3 Å². The lowest BCUT2D eigenvalue weighted by Crippen LogP contribution is -2.04. The van der Waals surface area contributed by atoms with E-state index in [2.05, 4.69) is 12.1 Å². The van der Waals surface area contributed by atoms with Crippen molar-refractivity contribution in [3.05, 3.63) is 107 Å². The Hall–Kier alpha value is -3.19. The van der Waals surface area contributed by atoms with Gasteiger partial charge in [-0.05, 0) is 34.0 Å². The predicted octanol–water partition coefficient (Wildman–Crippen LogP) is 5.53. The number of fused-ring (bicyclic) bond motifs is 1. The molecule has 0 N–H and O–H groups in total. The zero-order valence-electron chi connectivity index (χ0n) is 13.1. The van der Waals surface area contributed by atoms with E-state index in [1.54, 1.807) is 0 Å². The van der Waals surface area contributed by atoms with Gasteiger partial charge in [0.1, 0.15) is 0 Å². The molecule has 24 heavy (non-hydrogen) atoms. The lowest BCUT2D eigenvalue weighted by molar-refractivity contribution is 1.57. The summed E-state index contributed by atoms with van der Waals surface area (Å²) in [5.41, 5.74) is 3.41. The molecule has 1 heteroatoms. The van der Waals surface area contributed by atoms with Crippen LogP contribution >= 0.6 is 0 Å². The van der Waals surface area contributed by atoms with Crippen molar-refractivity contribution in [2.24, 2.45) is 0 Å². The Bertz CT molecular complexity index is 967. The molecule has 4 aromatic rings. The molecule has 0 unspecified atom stereocenters. The van der Waals surface area contributed by atoms with Gasteiger partial charge >= 0.3 is 0 Å². The van der Waals surface area contributed by atoms with E-state index in [1.807, 2.05) is 84.9 Å². The molecule has 0 aromatic heterocycles. The fourth-order valence-electron chi connectivity index (χ4n) is 3.03. The summed E-state index contributed by atoms with van der Waals surface area (Å²) in [5, 5.41) is 2.13. The van der Waals surface area contributed by atoms with Crippen LogP contribution in [-0.4, -0.2) is 0 Å². The molecule has 0 saturated carbocycles. The Morgan fingerprint density at radius 1 is 0.458 bits per heavy atom. The van der Waals surface area contributed by atoms with E-state index in [0.717, 1.165) is 33.0 Å². The molecule has 4 rings (SSSR count). The van der Waals surface area contributed by atoms with Gasteiger partial charge in [0.25, 0.3) is 0 Å². The van der Waals surface area contributed by atoms with Crippen molar-refractivity contribution in [1.82, 2.24) is 0 Å². The van der Waals surface area contributed by atoms with Crippen molar-refractivity contribution >= 4 is 10.8 Å². The quantitative estimate of drug-likeness (QED) is 0.475. The Balaban J connectivity index is 2.13. The number of benzene rings is 3.